The van der Waals surface area contributed by atoms with Gasteiger partial charge in [-0.25, -0.2) is 0 Å². The molecular weight excluding hydrogens is 204 g/mol. The lowest BCUT2D eigenvalue weighted by Crippen LogP contribution is -2.30. The van der Waals surface area contributed by atoms with Crippen molar-refractivity contribution >= 4 is 0 Å². The summed E-state index contributed by atoms with van der Waals surface area (Å²) < 4.78 is 0. The molecule has 0 amide bonds. The summed E-state index contributed by atoms with van der Waals surface area (Å²) in [6.07, 6.45) is 7.39. The molecule has 2 aliphatic carbocycles. The van der Waals surface area contributed by atoms with E-state index in [2.05, 4.69) is 34.6 Å². The van der Waals surface area contributed by atoms with Gasteiger partial charge in [-0.15, -0.1) is 0 Å². The number of hydrogen-bond acceptors (Lipinski definition) is 0. The summed E-state index contributed by atoms with van der Waals surface area (Å²) in [4.78, 5) is 0. The van der Waals surface area contributed by atoms with E-state index in [-0.39, 0.29) is 0 Å². The molecular formula is C17H32. The second kappa shape index (κ2) is 5.33. The summed E-state index contributed by atoms with van der Waals surface area (Å²) in [5, 5.41) is 0. The minimum absolute atomic E-state index is 0.901. The van der Waals surface area contributed by atoms with Gasteiger partial charge in [0, 0.05) is 0 Å². The van der Waals surface area contributed by atoms with Crippen molar-refractivity contribution in [1.29, 1.82) is 0 Å². The molecule has 2 fully saturated rings. The van der Waals surface area contributed by atoms with Crippen LogP contribution in [0.25, 0.3) is 0 Å². The van der Waals surface area contributed by atoms with Crippen LogP contribution in [0, 0.1) is 41.4 Å². The third-order valence-corrected chi connectivity index (χ3v) is 5.91. The molecule has 5 atom stereocenters. The van der Waals surface area contributed by atoms with Gasteiger partial charge in [0.15, 0.2) is 0 Å². The Morgan fingerprint density at radius 1 is 1.00 bits per heavy atom. The summed E-state index contributed by atoms with van der Waals surface area (Å²) in [5.74, 6) is 7.25. The third kappa shape index (κ3) is 2.56. The van der Waals surface area contributed by atoms with Gasteiger partial charge >= 0.3 is 0 Å². The number of rotatable bonds is 4. The summed E-state index contributed by atoms with van der Waals surface area (Å²) >= 11 is 0. The maximum absolute atomic E-state index is 2.47. The molecule has 0 N–H and O–H groups in total. The molecule has 2 aliphatic rings. The fourth-order valence-electron chi connectivity index (χ4n) is 4.95. The Morgan fingerprint density at radius 2 is 1.59 bits per heavy atom. The van der Waals surface area contributed by atoms with E-state index in [4.69, 9.17) is 0 Å². The number of hydrogen-bond donors (Lipinski definition) is 0. The van der Waals surface area contributed by atoms with E-state index in [0.29, 0.717) is 0 Å². The normalized spacial score (nSPS) is 46.2. The van der Waals surface area contributed by atoms with Crippen LogP contribution in [0.3, 0.4) is 0 Å². The summed E-state index contributed by atoms with van der Waals surface area (Å²) in [6, 6.07) is 0. The molecule has 0 bridgehead atoms. The fraction of sp³-hybridized carbons (Fsp3) is 1.00. The zero-order chi connectivity index (χ0) is 12.6. The van der Waals surface area contributed by atoms with Gasteiger partial charge in [0.1, 0.15) is 0 Å². The molecule has 100 valence electrons. The maximum atomic E-state index is 2.47. The predicted octanol–water partition coefficient (Wildman–Crippen LogP) is 5.38. The van der Waals surface area contributed by atoms with Crippen LogP contribution in [-0.2, 0) is 0 Å². The quantitative estimate of drug-likeness (QED) is 0.615. The van der Waals surface area contributed by atoms with Crippen molar-refractivity contribution in [3.05, 3.63) is 0 Å². The molecule has 2 saturated carbocycles. The highest BCUT2D eigenvalue weighted by molar-refractivity contribution is 5.02. The Hall–Kier alpha value is 0. The van der Waals surface area contributed by atoms with Crippen molar-refractivity contribution in [3.8, 4) is 0 Å². The largest absolute Gasteiger partial charge is 0.0651 e. The van der Waals surface area contributed by atoms with E-state index in [1.807, 2.05) is 0 Å². The van der Waals surface area contributed by atoms with Crippen molar-refractivity contribution in [3.63, 3.8) is 0 Å². The van der Waals surface area contributed by atoms with Gasteiger partial charge < -0.3 is 0 Å². The van der Waals surface area contributed by atoms with Gasteiger partial charge in [0.05, 0.1) is 0 Å². The van der Waals surface area contributed by atoms with Crippen LogP contribution < -0.4 is 0 Å². The Labute approximate surface area is 109 Å². The maximum Gasteiger partial charge on any atom is -0.0321 e. The van der Waals surface area contributed by atoms with Crippen molar-refractivity contribution in [2.75, 3.05) is 0 Å². The monoisotopic (exact) mass is 236 g/mol. The molecule has 2 rings (SSSR count). The lowest BCUT2D eigenvalue weighted by molar-refractivity contribution is 0.116. The zero-order valence-corrected chi connectivity index (χ0v) is 12.6. The van der Waals surface area contributed by atoms with Crippen LogP contribution in [0.5, 0.6) is 0 Å². The summed E-state index contributed by atoms with van der Waals surface area (Å²) in [5.41, 5.74) is 0. The van der Waals surface area contributed by atoms with Crippen LogP contribution in [0.1, 0.15) is 66.7 Å². The van der Waals surface area contributed by atoms with Crippen LogP contribution in [0.4, 0.5) is 0 Å². The van der Waals surface area contributed by atoms with E-state index in [1.54, 1.807) is 0 Å². The van der Waals surface area contributed by atoms with Crippen molar-refractivity contribution in [1.82, 2.24) is 0 Å². The predicted molar refractivity (Wildman–Crippen MR) is 75.9 cm³/mol. The molecule has 0 spiro atoms. The Bertz CT molecular complexity index is 232. The van der Waals surface area contributed by atoms with Crippen molar-refractivity contribution in [2.24, 2.45) is 41.4 Å². The van der Waals surface area contributed by atoms with E-state index in [0.717, 1.165) is 41.4 Å². The first-order chi connectivity index (χ1) is 8.10. The molecule has 0 heterocycles. The van der Waals surface area contributed by atoms with Crippen LogP contribution in [-0.4, -0.2) is 0 Å². The van der Waals surface area contributed by atoms with E-state index in [1.165, 1.54) is 32.1 Å². The van der Waals surface area contributed by atoms with Gasteiger partial charge in [0.2, 0.25) is 0 Å². The van der Waals surface area contributed by atoms with Crippen LogP contribution in [0.2, 0.25) is 0 Å². The highest BCUT2D eigenvalue weighted by Gasteiger charge is 2.53. The molecule has 0 heteroatoms. The summed E-state index contributed by atoms with van der Waals surface area (Å²) in [6.45, 7) is 12.2. The molecule has 0 aromatic heterocycles. The molecule has 5 unspecified atom stereocenters. The molecule has 0 aromatic rings. The van der Waals surface area contributed by atoms with Gasteiger partial charge in [-0.05, 0) is 54.3 Å². The molecule has 0 nitrogen and oxygen atoms in total. The molecule has 0 aromatic carbocycles. The second-order valence-electron chi connectivity index (χ2n) is 7.21. The molecule has 0 radical (unpaired) electrons. The Morgan fingerprint density at radius 3 is 2.06 bits per heavy atom. The smallest absolute Gasteiger partial charge is 0.0321 e. The Kier molecular flexibility index (Phi) is 4.21. The highest BCUT2D eigenvalue weighted by atomic mass is 14.6. The van der Waals surface area contributed by atoms with Crippen LogP contribution >= 0.6 is 0 Å². The fourth-order valence-corrected chi connectivity index (χ4v) is 4.95. The molecule has 17 heavy (non-hydrogen) atoms. The first-order valence-electron chi connectivity index (χ1n) is 8.10. The lowest BCUT2D eigenvalue weighted by atomic mass is 9.67. The van der Waals surface area contributed by atoms with E-state index < -0.39 is 0 Å². The minimum atomic E-state index is 0.901. The van der Waals surface area contributed by atoms with Gasteiger partial charge in [-0.2, -0.15) is 0 Å². The minimum Gasteiger partial charge on any atom is -0.0651 e. The van der Waals surface area contributed by atoms with Gasteiger partial charge in [0.25, 0.3) is 0 Å². The van der Waals surface area contributed by atoms with Crippen molar-refractivity contribution in [2.45, 2.75) is 66.7 Å². The zero-order valence-electron chi connectivity index (χ0n) is 12.6. The standard InChI is InChI=1S/C17H32/c1-6-13-14(7-2)17(13)15-9-8-12(5)10-16(15)11(3)4/h11-17H,6-10H2,1-5H3. The van der Waals surface area contributed by atoms with E-state index in [9.17, 15) is 0 Å². The SMILES string of the molecule is CCC1C(CC)C1C1CCC(C)CC1C(C)C. The second-order valence-corrected chi connectivity index (χ2v) is 7.21. The van der Waals surface area contributed by atoms with Gasteiger partial charge in [-0.3, -0.25) is 0 Å². The van der Waals surface area contributed by atoms with Crippen LogP contribution in [0.15, 0.2) is 0 Å². The first-order valence-corrected chi connectivity index (χ1v) is 8.10. The highest BCUT2D eigenvalue weighted by Crippen LogP contribution is 2.60. The summed E-state index contributed by atoms with van der Waals surface area (Å²) in [7, 11) is 0. The topological polar surface area (TPSA) is 0 Å². The molecule has 0 aliphatic heterocycles. The van der Waals surface area contributed by atoms with E-state index >= 15 is 0 Å². The van der Waals surface area contributed by atoms with Crippen molar-refractivity contribution < 1.29 is 0 Å². The lowest BCUT2D eigenvalue weighted by Gasteiger charge is -2.38. The average molecular weight is 236 g/mol. The third-order valence-electron chi connectivity index (χ3n) is 5.91. The molecule has 0 saturated heterocycles. The van der Waals surface area contributed by atoms with Gasteiger partial charge in [-0.1, -0.05) is 53.9 Å². The first kappa shape index (κ1) is 13.4. The average Bonchev–Trinajstić information content (AvgIpc) is 3.01. The Balaban J connectivity index is 2.03.